The molecule has 0 saturated heterocycles. The fourth-order valence-corrected chi connectivity index (χ4v) is 3.82. The van der Waals surface area contributed by atoms with Crippen LogP contribution in [0.5, 0.6) is 11.5 Å². The van der Waals surface area contributed by atoms with Gasteiger partial charge >= 0.3 is 0 Å². The Hall–Kier alpha value is -3.31. The quantitative estimate of drug-likeness (QED) is 0.226. The molecule has 0 bridgehead atoms. The molecule has 162 valence electrons. The summed E-state index contributed by atoms with van der Waals surface area (Å²) in [5.41, 5.74) is 4.63. The Morgan fingerprint density at radius 2 is 1.84 bits per heavy atom. The number of amides is 1. The van der Waals surface area contributed by atoms with Crippen molar-refractivity contribution in [3.05, 3.63) is 92.1 Å². The molecule has 0 atom stereocenters. The number of halogens is 1. The molecule has 0 fully saturated rings. The van der Waals surface area contributed by atoms with E-state index >= 15 is 0 Å². The SMILES string of the molecule is COc1cc(/C=C(\C#N)C(=O)Nc2ccc(C)cc2)cc(I)c1OCc1ccccc1C. The third kappa shape index (κ3) is 5.89. The van der Waals surface area contributed by atoms with Crippen LogP contribution in [0, 0.1) is 28.7 Å². The Kier molecular flexibility index (Phi) is 7.90. The normalized spacial score (nSPS) is 10.9. The molecule has 3 rings (SSSR count). The number of anilines is 1. The predicted octanol–water partition coefficient (Wildman–Crippen LogP) is 6.04. The van der Waals surface area contributed by atoms with Crippen molar-refractivity contribution in [1.82, 2.24) is 0 Å². The summed E-state index contributed by atoms with van der Waals surface area (Å²) < 4.78 is 12.4. The smallest absolute Gasteiger partial charge is 0.266 e. The molecule has 0 aliphatic heterocycles. The molecule has 1 N–H and O–H groups in total. The highest BCUT2D eigenvalue weighted by molar-refractivity contribution is 14.1. The minimum Gasteiger partial charge on any atom is -0.493 e. The first-order valence-corrected chi connectivity index (χ1v) is 11.0. The second-order valence-corrected chi connectivity index (χ2v) is 8.40. The van der Waals surface area contributed by atoms with Crippen molar-refractivity contribution in [2.75, 3.05) is 12.4 Å². The van der Waals surface area contributed by atoms with Crippen LogP contribution in [0.25, 0.3) is 6.08 Å². The summed E-state index contributed by atoms with van der Waals surface area (Å²) in [6, 6.07) is 21.0. The highest BCUT2D eigenvalue weighted by Crippen LogP contribution is 2.35. The molecular formula is C26H23IN2O3. The number of nitrogens with zero attached hydrogens (tertiary/aromatic N) is 1. The Bertz CT molecular complexity index is 1190. The van der Waals surface area contributed by atoms with Crippen LogP contribution in [0.1, 0.15) is 22.3 Å². The van der Waals surface area contributed by atoms with Crippen LogP contribution in [0.3, 0.4) is 0 Å². The van der Waals surface area contributed by atoms with E-state index in [4.69, 9.17) is 9.47 Å². The zero-order chi connectivity index (χ0) is 23.1. The molecule has 6 heteroatoms. The molecule has 0 spiro atoms. The first-order valence-electron chi connectivity index (χ1n) is 9.96. The lowest BCUT2D eigenvalue weighted by Crippen LogP contribution is -2.13. The number of hydrogen-bond acceptors (Lipinski definition) is 4. The summed E-state index contributed by atoms with van der Waals surface area (Å²) in [5, 5.41) is 12.3. The van der Waals surface area contributed by atoms with Crippen molar-refractivity contribution < 1.29 is 14.3 Å². The monoisotopic (exact) mass is 538 g/mol. The first kappa shape index (κ1) is 23.4. The van der Waals surface area contributed by atoms with Crippen molar-refractivity contribution in [2.24, 2.45) is 0 Å². The molecule has 0 unspecified atom stereocenters. The second-order valence-electron chi connectivity index (χ2n) is 7.24. The standard InChI is InChI=1S/C26H23IN2O3/c1-17-8-10-22(11-9-17)29-26(30)21(15-28)12-19-13-23(27)25(24(14-19)31-3)32-16-20-7-5-4-6-18(20)2/h4-14H,16H2,1-3H3,(H,29,30)/b21-12+. The van der Waals surface area contributed by atoms with E-state index in [0.717, 1.165) is 20.3 Å². The largest absolute Gasteiger partial charge is 0.493 e. The van der Waals surface area contributed by atoms with Crippen molar-refractivity contribution in [1.29, 1.82) is 5.26 Å². The number of methoxy groups -OCH3 is 1. The molecule has 3 aromatic carbocycles. The second kappa shape index (κ2) is 10.8. The number of nitrogens with one attached hydrogen (secondary N) is 1. The fraction of sp³-hybridized carbons (Fsp3) is 0.154. The van der Waals surface area contributed by atoms with Crippen LogP contribution >= 0.6 is 22.6 Å². The van der Waals surface area contributed by atoms with Gasteiger partial charge in [0.15, 0.2) is 11.5 Å². The molecule has 0 aliphatic carbocycles. The number of aryl methyl sites for hydroxylation is 2. The van der Waals surface area contributed by atoms with E-state index in [2.05, 4.69) is 27.9 Å². The Morgan fingerprint density at radius 1 is 1.12 bits per heavy atom. The molecule has 0 radical (unpaired) electrons. The maximum atomic E-state index is 12.6. The van der Waals surface area contributed by atoms with E-state index in [1.807, 2.05) is 62.4 Å². The van der Waals surface area contributed by atoms with Gasteiger partial charge in [0, 0.05) is 5.69 Å². The van der Waals surface area contributed by atoms with Gasteiger partial charge in [0.1, 0.15) is 18.2 Å². The number of rotatable bonds is 7. The van der Waals surface area contributed by atoms with E-state index in [9.17, 15) is 10.1 Å². The highest BCUT2D eigenvalue weighted by Gasteiger charge is 2.14. The van der Waals surface area contributed by atoms with E-state index < -0.39 is 5.91 Å². The fourth-order valence-electron chi connectivity index (χ4n) is 3.04. The number of carbonyl (C=O) groups is 1. The maximum absolute atomic E-state index is 12.6. The molecule has 5 nitrogen and oxygen atoms in total. The van der Waals surface area contributed by atoms with Crippen molar-refractivity contribution in [2.45, 2.75) is 20.5 Å². The van der Waals surface area contributed by atoms with Crippen LogP contribution in [-0.2, 0) is 11.4 Å². The molecular weight excluding hydrogens is 515 g/mol. The summed E-state index contributed by atoms with van der Waals surface area (Å²) in [4.78, 5) is 12.6. The van der Waals surface area contributed by atoms with E-state index in [1.54, 1.807) is 31.4 Å². The van der Waals surface area contributed by atoms with Crippen LogP contribution in [0.2, 0.25) is 0 Å². The highest BCUT2D eigenvalue weighted by atomic mass is 127. The van der Waals surface area contributed by atoms with Gasteiger partial charge in [0.2, 0.25) is 0 Å². The van der Waals surface area contributed by atoms with Gasteiger partial charge in [-0.05, 0) is 83.5 Å². The molecule has 0 heterocycles. The molecule has 0 aliphatic rings. The molecule has 3 aromatic rings. The summed E-state index contributed by atoms with van der Waals surface area (Å²) in [5.74, 6) is 0.689. The Morgan fingerprint density at radius 3 is 2.50 bits per heavy atom. The van der Waals surface area contributed by atoms with Crippen LogP contribution in [-0.4, -0.2) is 13.0 Å². The van der Waals surface area contributed by atoms with Gasteiger partial charge in [-0.2, -0.15) is 5.26 Å². The van der Waals surface area contributed by atoms with Crippen LogP contribution < -0.4 is 14.8 Å². The van der Waals surface area contributed by atoms with Gasteiger partial charge in [-0.1, -0.05) is 42.0 Å². The summed E-state index contributed by atoms with van der Waals surface area (Å²) in [6.45, 7) is 4.42. The minimum atomic E-state index is -0.467. The van der Waals surface area contributed by atoms with Crippen molar-refractivity contribution >= 4 is 40.3 Å². The molecule has 0 saturated carbocycles. The average molecular weight is 538 g/mol. The third-order valence-corrected chi connectivity index (χ3v) is 5.67. The molecule has 32 heavy (non-hydrogen) atoms. The molecule has 1 amide bonds. The summed E-state index contributed by atoms with van der Waals surface area (Å²) >= 11 is 2.17. The van der Waals surface area contributed by atoms with Gasteiger partial charge in [-0.25, -0.2) is 0 Å². The lowest BCUT2D eigenvalue weighted by atomic mass is 10.1. The maximum Gasteiger partial charge on any atom is 0.266 e. The Labute approximate surface area is 201 Å². The predicted molar refractivity (Wildman–Crippen MR) is 135 cm³/mol. The van der Waals surface area contributed by atoms with Crippen LogP contribution in [0.4, 0.5) is 5.69 Å². The van der Waals surface area contributed by atoms with Gasteiger partial charge < -0.3 is 14.8 Å². The molecule has 0 aromatic heterocycles. The Balaban J connectivity index is 1.82. The van der Waals surface area contributed by atoms with E-state index in [1.165, 1.54) is 0 Å². The number of ether oxygens (including phenoxy) is 2. The zero-order valence-electron chi connectivity index (χ0n) is 18.1. The van der Waals surface area contributed by atoms with E-state index in [-0.39, 0.29) is 5.57 Å². The number of hydrogen-bond donors (Lipinski definition) is 1. The van der Waals surface area contributed by atoms with Crippen molar-refractivity contribution in [3.8, 4) is 17.6 Å². The number of benzene rings is 3. The van der Waals surface area contributed by atoms with Gasteiger partial charge in [0.05, 0.1) is 10.7 Å². The lowest BCUT2D eigenvalue weighted by Gasteiger charge is -2.15. The summed E-state index contributed by atoms with van der Waals surface area (Å²) in [6.07, 6.45) is 1.54. The van der Waals surface area contributed by atoms with Gasteiger partial charge in [-0.15, -0.1) is 0 Å². The third-order valence-electron chi connectivity index (χ3n) is 4.87. The van der Waals surface area contributed by atoms with Crippen molar-refractivity contribution in [3.63, 3.8) is 0 Å². The number of nitriles is 1. The van der Waals surface area contributed by atoms with Gasteiger partial charge in [0.25, 0.3) is 5.91 Å². The zero-order valence-corrected chi connectivity index (χ0v) is 20.3. The average Bonchev–Trinajstić information content (AvgIpc) is 2.78. The lowest BCUT2D eigenvalue weighted by molar-refractivity contribution is -0.112. The van der Waals surface area contributed by atoms with Crippen LogP contribution in [0.15, 0.2) is 66.2 Å². The first-order chi connectivity index (χ1) is 15.4. The topological polar surface area (TPSA) is 71.3 Å². The minimum absolute atomic E-state index is 0.00277. The number of carbonyl (C=O) groups excluding carboxylic acids is 1. The summed E-state index contributed by atoms with van der Waals surface area (Å²) in [7, 11) is 1.56. The van der Waals surface area contributed by atoms with Gasteiger partial charge in [-0.3, -0.25) is 4.79 Å². The van der Waals surface area contributed by atoms with E-state index in [0.29, 0.717) is 29.4 Å².